The average Bonchev–Trinajstić information content (AvgIpc) is 3.45. The minimum absolute atomic E-state index is 0.0359. The van der Waals surface area contributed by atoms with Crippen LogP contribution in [0.25, 0.3) is 0 Å². The van der Waals surface area contributed by atoms with Gasteiger partial charge in [-0.15, -0.1) is 0 Å². The number of aliphatic hydroxyl groups excluding tert-OH is 1. The molecule has 1 aromatic rings. The number of hydrogen-bond donors (Lipinski definition) is 2. The summed E-state index contributed by atoms with van der Waals surface area (Å²) in [4.78, 5) is 58.4. The number of benzene rings is 1. The maximum Gasteiger partial charge on any atom is 0.408 e. The molecule has 4 rings (SSSR count). The largest absolute Gasteiger partial charge is 0.458 e. The molecule has 14 heteroatoms. The SMILES string of the molecule is CC[C@H]1OC(=O)C(C)C(=O)[C@H](C)[C@@H](OC2OC(CO)CC(N(C)C)C2OC(=O)c2ccccc2)[C@](C)(OC)C[C@@H](C)CN(C)[C@H](C)[C@H]2NC(=O)O[C@@]21C. The molecule has 3 saturated heterocycles. The van der Waals surface area contributed by atoms with Gasteiger partial charge in [-0.3, -0.25) is 9.59 Å². The number of amides is 1. The van der Waals surface area contributed by atoms with Gasteiger partial charge in [-0.2, -0.15) is 0 Å². The summed E-state index contributed by atoms with van der Waals surface area (Å²) in [5, 5.41) is 13.2. The minimum Gasteiger partial charge on any atom is -0.458 e. The third kappa shape index (κ3) is 9.22. The van der Waals surface area contributed by atoms with Gasteiger partial charge in [0.2, 0.25) is 0 Å². The number of aliphatic hydroxyl groups is 1. The molecule has 1 aromatic carbocycles. The number of cyclic esters (lactones) is 1. The Morgan fingerprint density at radius 1 is 1.09 bits per heavy atom. The summed E-state index contributed by atoms with van der Waals surface area (Å²) in [6.45, 7) is 13.0. The maximum atomic E-state index is 14.4. The molecule has 2 N–H and O–H groups in total. The molecule has 298 valence electrons. The number of nitrogens with zero attached hydrogens (tertiary/aromatic N) is 2. The van der Waals surface area contributed by atoms with Crippen molar-refractivity contribution >= 4 is 23.8 Å². The van der Waals surface area contributed by atoms with Gasteiger partial charge in [0.1, 0.15) is 12.0 Å². The second-order valence-electron chi connectivity index (χ2n) is 15.8. The molecule has 0 aromatic heterocycles. The highest BCUT2D eigenvalue weighted by molar-refractivity contribution is 6.00. The molecular weight excluding hydrogens is 686 g/mol. The zero-order valence-electron chi connectivity index (χ0n) is 33.2. The van der Waals surface area contributed by atoms with Gasteiger partial charge in [-0.1, -0.05) is 39.0 Å². The normalized spacial score (nSPS) is 39.3. The van der Waals surface area contributed by atoms with Crippen LogP contribution in [0.3, 0.4) is 0 Å². The second-order valence-corrected chi connectivity index (χ2v) is 15.8. The molecule has 0 spiro atoms. The first-order chi connectivity index (χ1) is 24.9. The van der Waals surface area contributed by atoms with Crippen molar-refractivity contribution in [2.24, 2.45) is 17.8 Å². The number of rotatable bonds is 8. The Bertz CT molecular complexity index is 1430. The predicted octanol–water partition coefficient (Wildman–Crippen LogP) is 3.43. The molecule has 0 radical (unpaired) electrons. The standard InChI is InChI=1S/C39H61N3O11/c1-12-29-39(7)32(40-37(47)53-39)25(5)42(10)20-22(2)19-38(6,48-11)33(23(3)30(44)24(4)34(45)50-29)52-36-31(28(41(8)9)18-27(21-43)49-36)51-35(46)26-16-14-13-15-17-26/h13-17,22-25,27-29,31-33,36,43H,12,18-21H2,1-11H3,(H,40,47)/t22-,23+,24?,25-,27?,28?,29-,31?,32-,33-,36?,38-,39-/m1/s1. The molecule has 5 unspecified atom stereocenters. The van der Waals surface area contributed by atoms with Crippen LogP contribution >= 0.6 is 0 Å². The van der Waals surface area contributed by atoms with Crippen LogP contribution in [0.15, 0.2) is 30.3 Å². The van der Waals surface area contributed by atoms with E-state index < -0.39 is 89.6 Å². The molecule has 3 aliphatic rings. The summed E-state index contributed by atoms with van der Waals surface area (Å²) < 4.78 is 37.5. The number of hydrogen-bond acceptors (Lipinski definition) is 13. The Balaban J connectivity index is 1.77. The topological polar surface area (TPSA) is 162 Å². The lowest BCUT2D eigenvalue weighted by Gasteiger charge is -2.47. The summed E-state index contributed by atoms with van der Waals surface area (Å²) in [7, 11) is 7.21. The van der Waals surface area contributed by atoms with Crippen LogP contribution in [0.1, 0.15) is 78.1 Å². The van der Waals surface area contributed by atoms with Gasteiger partial charge in [0.05, 0.1) is 42.1 Å². The van der Waals surface area contributed by atoms with Gasteiger partial charge in [-0.05, 0) is 86.2 Å². The summed E-state index contributed by atoms with van der Waals surface area (Å²) in [5.41, 5.74) is -1.98. The fraction of sp³-hybridized carbons (Fsp3) is 0.744. The predicted molar refractivity (Wildman–Crippen MR) is 195 cm³/mol. The number of methoxy groups -OCH3 is 1. The lowest BCUT2D eigenvalue weighted by Crippen LogP contribution is -2.61. The quantitative estimate of drug-likeness (QED) is 0.226. The van der Waals surface area contributed by atoms with Crippen LogP contribution in [0.2, 0.25) is 0 Å². The Kier molecular flexibility index (Phi) is 14.1. The van der Waals surface area contributed by atoms with Crippen LogP contribution in [0.5, 0.6) is 0 Å². The first-order valence-corrected chi connectivity index (χ1v) is 18.7. The molecule has 3 fully saturated rings. The van der Waals surface area contributed by atoms with Crippen molar-refractivity contribution in [1.29, 1.82) is 0 Å². The molecule has 0 aliphatic carbocycles. The summed E-state index contributed by atoms with van der Waals surface area (Å²) in [6, 6.07) is 7.42. The van der Waals surface area contributed by atoms with Crippen LogP contribution in [0.4, 0.5) is 4.79 Å². The van der Waals surface area contributed by atoms with Gasteiger partial charge in [0, 0.05) is 25.6 Å². The molecule has 13 atom stereocenters. The number of nitrogens with one attached hydrogen (secondary N) is 1. The molecule has 53 heavy (non-hydrogen) atoms. The highest BCUT2D eigenvalue weighted by Crippen LogP contribution is 2.39. The Labute approximate surface area is 314 Å². The number of carbonyl (C=O) groups is 4. The molecule has 0 bridgehead atoms. The fourth-order valence-electron chi connectivity index (χ4n) is 8.39. The Morgan fingerprint density at radius 3 is 2.34 bits per heavy atom. The van der Waals surface area contributed by atoms with E-state index >= 15 is 0 Å². The van der Waals surface area contributed by atoms with Gasteiger partial charge in [-0.25, -0.2) is 9.59 Å². The van der Waals surface area contributed by atoms with Crippen molar-refractivity contribution < 1.29 is 52.7 Å². The first kappa shape index (κ1) is 42.6. The third-order valence-corrected chi connectivity index (χ3v) is 11.6. The highest BCUT2D eigenvalue weighted by Gasteiger charge is 2.56. The monoisotopic (exact) mass is 747 g/mol. The minimum atomic E-state index is -1.22. The number of alkyl carbamates (subject to hydrolysis) is 1. The molecule has 0 saturated carbocycles. The first-order valence-electron chi connectivity index (χ1n) is 18.7. The van der Waals surface area contributed by atoms with Gasteiger partial charge < -0.3 is 48.6 Å². The van der Waals surface area contributed by atoms with Gasteiger partial charge >= 0.3 is 18.0 Å². The van der Waals surface area contributed by atoms with Crippen molar-refractivity contribution in [1.82, 2.24) is 15.1 Å². The summed E-state index contributed by atoms with van der Waals surface area (Å²) >= 11 is 0. The number of ether oxygens (including phenoxy) is 6. The molecule has 3 aliphatic heterocycles. The zero-order valence-corrected chi connectivity index (χ0v) is 33.2. The van der Waals surface area contributed by atoms with Crippen molar-refractivity contribution in [2.75, 3.05) is 41.4 Å². The number of fused-ring (bicyclic) bond motifs is 1. The van der Waals surface area contributed by atoms with E-state index in [0.29, 0.717) is 31.4 Å². The van der Waals surface area contributed by atoms with E-state index in [9.17, 15) is 24.3 Å². The van der Waals surface area contributed by atoms with Crippen molar-refractivity contribution in [3.8, 4) is 0 Å². The summed E-state index contributed by atoms with van der Waals surface area (Å²) in [5.74, 6) is -3.99. The lowest BCUT2D eigenvalue weighted by molar-refractivity contribution is -0.299. The van der Waals surface area contributed by atoms with E-state index in [1.54, 1.807) is 51.3 Å². The molecule has 3 heterocycles. The highest BCUT2D eigenvalue weighted by atomic mass is 16.7. The molecular formula is C39H61N3O11. The van der Waals surface area contributed by atoms with Gasteiger partial charge in [0.15, 0.2) is 23.8 Å². The number of ketones is 1. The van der Waals surface area contributed by atoms with Crippen LogP contribution < -0.4 is 5.32 Å². The van der Waals surface area contributed by atoms with E-state index in [1.807, 2.05) is 46.8 Å². The smallest absolute Gasteiger partial charge is 0.408 e. The number of likely N-dealkylation sites (N-methyl/N-ethyl adjacent to an activating group) is 2. The van der Waals surface area contributed by atoms with Gasteiger partial charge in [0.25, 0.3) is 0 Å². The zero-order chi connectivity index (χ0) is 39.4. The van der Waals surface area contributed by atoms with Crippen molar-refractivity contribution in [3.63, 3.8) is 0 Å². The second kappa shape index (κ2) is 17.5. The van der Waals surface area contributed by atoms with E-state index in [0.717, 1.165) is 0 Å². The lowest BCUT2D eigenvalue weighted by atomic mass is 9.78. The fourth-order valence-corrected chi connectivity index (χ4v) is 8.39. The molecule has 14 nitrogen and oxygen atoms in total. The van der Waals surface area contributed by atoms with E-state index in [-0.39, 0.29) is 18.6 Å². The van der Waals surface area contributed by atoms with Crippen molar-refractivity contribution in [3.05, 3.63) is 35.9 Å². The number of esters is 2. The average molecular weight is 748 g/mol. The third-order valence-electron chi connectivity index (χ3n) is 11.6. The van der Waals surface area contributed by atoms with E-state index in [1.165, 1.54) is 6.92 Å². The van der Waals surface area contributed by atoms with Crippen LogP contribution in [-0.2, 0) is 38.0 Å². The van der Waals surface area contributed by atoms with E-state index in [2.05, 4.69) is 17.1 Å². The van der Waals surface area contributed by atoms with Crippen LogP contribution in [0, 0.1) is 17.8 Å². The van der Waals surface area contributed by atoms with E-state index in [4.69, 9.17) is 28.4 Å². The number of Topliss-reactive ketones (excluding diaryl/α,β-unsaturated/α-hetero) is 1. The Hall–Kier alpha value is -3.14. The molecule has 1 amide bonds. The summed E-state index contributed by atoms with van der Waals surface area (Å²) in [6.07, 6.45) is -4.19. The Morgan fingerprint density at radius 2 is 1.75 bits per heavy atom. The number of carbonyl (C=O) groups excluding carboxylic acids is 4. The maximum absolute atomic E-state index is 14.4. The van der Waals surface area contributed by atoms with Crippen molar-refractivity contribution in [2.45, 2.75) is 128 Å². The van der Waals surface area contributed by atoms with Crippen LogP contribution in [-0.4, -0.2) is 140 Å².